The summed E-state index contributed by atoms with van der Waals surface area (Å²) in [5.74, 6) is 0. The quantitative estimate of drug-likeness (QED) is 0.408. The maximum absolute atomic E-state index is 11.7. The van der Waals surface area contributed by atoms with Crippen molar-refractivity contribution in [2.45, 2.75) is 43.9 Å². The molecule has 0 aromatic heterocycles. The lowest BCUT2D eigenvalue weighted by Crippen LogP contribution is -2.01. The molecule has 0 radical (unpaired) electrons. The zero-order valence-electron chi connectivity index (χ0n) is 10.7. The largest absolute Gasteiger partial charge is 0.387 e. The molecule has 0 amide bonds. The van der Waals surface area contributed by atoms with E-state index < -0.39 is 10.1 Å². The van der Waals surface area contributed by atoms with E-state index in [0.29, 0.717) is 0 Å². The van der Waals surface area contributed by atoms with Crippen LogP contribution >= 0.6 is 0 Å². The average molecular weight is 268 g/mol. The van der Waals surface area contributed by atoms with Crippen LogP contribution in [0.3, 0.4) is 0 Å². The van der Waals surface area contributed by atoms with Crippen molar-refractivity contribution in [1.29, 1.82) is 0 Å². The van der Waals surface area contributed by atoms with Gasteiger partial charge in [-0.25, -0.2) is 0 Å². The van der Waals surface area contributed by atoms with Crippen LogP contribution in [0.1, 0.15) is 39.0 Å². The van der Waals surface area contributed by atoms with Crippen LogP contribution in [0.5, 0.6) is 0 Å². The summed E-state index contributed by atoms with van der Waals surface area (Å²) < 4.78 is 28.2. The molecule has 18 heavy (non-hydrogen) atoms. The van der Waals surface area contributed by atoms with E-state index in [1.807, 2.05) is 0 Å². The molecule has 0 saturated heterocycles. The van der Waals surface area contributed by atoms with Crippen LogP contribution in [0.2, 0.25) is 0 Å². The second-order valence-corrected chi connectivity index (χ2v) is 5.66. The molecule has 0 aliphatic rings. The summed E-state index contributed by atoms with van der Waals surface area (Å²) in [5, 5.41) is 0. The van der Waals surface area contributed by atoms with Gasteiger partial charge in [0.05, 0.1) is 0 Å². The summed E-state index contributed by atoms with van der Waals surface area (Å²) in [7, 11) is -3.64. The Morgan fingerprint density at radius 2 is 1.83 bits per heavy atom. The Balaban J connectivity index is 2.36. The molecule has 0 heterocycles. The first-order valence-electron chi connectivity index (χ1n) is 6.30. The van der Waals surface area contributed by atoms with Crippen LogP contribution < -0.4 is 0 Å². The Hall–Kier alpha value is -1.29. The molecule has 0 fully saturated rings. The fraction of sp³-hybridized carbons (Fsp3) is 0.429. The van der Waals surface area contributed by atoms with E-state index in [2.05, 4.69) is 6.92 Å². The van der Waals surface area contributed by atoms with Gasteiger partial charge in [-0.2, -0.15) is 8.42 Å². The Bertz CT molecular complexity index is 449. The van der Waals surface area contributed by atoms with Gasteiger partial charge in [0.2, 0.25) is 0 Å². The van der Waals surface area contributed by atoms with Crippen LogP contribution in [-0.4, -0.2) is 8.42 Å². The Kier molecular flexibility index (Phi) is 6.50. The van der Waals surface area contributed by atoms with Crippen molar-refractivity contribution in [3.05, 3.63) is 42.7 Å². The van der Waals surface area contributed by atoms with Gasteiger partial charge >= 0.3 is 10.1 Å². The highest BCUT2D eigenvalue weighted by Gasteiger charge is 2.12. The van der Waals surface area contributed by atoms with E-state index in [1.54, 1.807) is 24.3 Å². The Morgan fingerprint density at radius 1 is 1.11 bits per heavy atom. The van der Waals surface area contributed by atoms with Crippen molar-refractivity contribution in [2.75, 3.05) is 0 Å². The first-order chi connectivity index (χ1) is 8.67. The number of unbranched alkanes of at least 4 members (excludes halogenated alkanes) is 4. The minimum atomic E-state index is -3.64. The lowest BCUT2D eigenvalue weighted by Gasteiger charge is -2.02. The van der Waals surface area contributed by atoms with Crippen LogP contribution in [0, 0.1) is 0 Å². The molecule has 0 unspecified atom stereocenters. The van der Waals surface area contributed by atoms with E-state index in [4.69, 9.17) is 4.18 Å². The van der Waals surface area contributed by atoms with Crippen molar-refractivity contribution < 1.29 is 12.6 Å². The molecular weight excluding hydrogens is 248 g/mol. The minimum absolute atomic E-state index is 0.181. The number of benzene rings is 1. The molecule has 3 nitrogen and oxygen atoms in total. The number of allylic oxidation sites excluding steroid dienone is 1. The molecule has 4 heteroatoms. The van der Waals surface area contributed by atoms with Gasteiger partial charge in [0.25, 0.3) is 0 Å². The normalized spacial score (nSPS) is 11.8. The highest BCUT2D eigenvalue weighted by molar-refractivity contribution is 7.86. The molecule has 0 N–H and O–H groups in total. The lowest BCUT2D eigenvalue weighted by atomic mass is 10.2. The summed E-state index contributed by atoms with van der Waals surface area (Å²) in [6.07, 6.45) is 8.54. The molecule has 0 aliphatic carbocycles. The van der Waals surface area contributed by atoms with E-state index in [1.165, 1.54) is 37.7 Å². The summed E-state index contributed by atoms with van der Waals surface area (Å²) in [5.41, 5.74) is 0. The van der Waals surface area contributed by atoms with Crippen LogP contribution in [0.4, 0.5) is 0 Å². The Morgan fingerprint density at radius 3 is 2.50 bits per heavy atom. The topological polar surface area (TPSA) is 43.4 Å². The third kappa shape index (κ3) is 5.36. The Labute approximate surface area is 110 Å². The molecule has 0 atom stereocenters. The summed E-state index contributed by atoms with van der Waals surface area (Å²) >= 11 is 0. The van der Waals surface area contributed by atoms with Gasteiger partial charge in [-0.15, -0.1) is 0 Å². The highest BCUT2D eigenvalue weighted by atomic mass is 32.2. The fourth-order valence-electron chi connectivity index (χ4n) is 1.51. The second kappa shape index (κ2) is 7.93. The second-order valence-electron chi connectivity index (χ2n) is 4.08. The van der Waals surface area contributed by atoms with Gasteiger partial charge < -0.3 is 4.18 Å². The molecule has 1 aromatic carbocycles. The van der Waals surface area contributed by atoms with Gasteiger partial charge in [-0.1, -0.05) is 44.4 Å². The monoisotopic (exact) mass is 268 g/mol. The number of rotatable bonds is 8. The van der Waals surface area contributed by atoms with E-state index >= 15 is 0 Å². The molecule has 0 spiro atoms. The third-order valence-corrected chi connectivity index (χ3v) is 3.75. The predicted molar refractivity (Wildman–Crippen MR) is 72.6 cm³/mol. The molecule has 1 aromatic rings. The molecular formula is C14H20O3S. The van der Waals surface area contributed by atoms with Gasteiger partial charge in [0, 0.05) is 0 Å². The zero-order chi connectivity index (χ0) is 13.3. The van der Waals surface area contributed by atoms with Crippen molar-refractivity contribution >= 4 is 10.1 Å². The van der Waals surface area contributed by atoms with Gasteiger partial charge in [0.1, 0.15) is 11.2 Å². The zero-order valence-corrected chi connectivity index (χ0v) is 11.5. The SMILES string of the molecule is CCCCCCC=COS(=O)(=O)c1ccccc1. The maximum atomic E-state index is 11.7. The summed E-state index contributed by atoms with van der Waals surface area (Å²) in [6, 6.07) is 8.15. The molecule has 0 bridgehead atoms. The lowest BCUT2D eigenvalue weighted by molar-refractivity contribution is 0.441. The standard InChI is InChI=1S/C14H20O3S/c1-2-3-4-5-6-10-13-17-18(15,16)14-11-8-7-9-12-14/h7-13H,2-6H2,1H3. The molecule has 100 valence electrons. The van der Waals surface area contributed by atoms with Crippen molar-refractivity contribution in [3.8, 4) is 0 Å². The van der Waals surface area contributed by atoms with Crippen LogP contribution in [0.15, 0.2) is 47.6 Å². The number of hydrogen-bond donors (Lipinski definition) is 0. The molecule has 1 rings (SSSR count). The van der Waals surface area contributed by atoms with Crippen molar-refractivity contribution in [3.63, 3.8) is 0 Å². The third-order valence-electron chi connectivity index (χ3n) is 2.53. The number of hydrogen-bond acceptors (Lipinski definition) is 3. The van der Waals surface area contributed by atoms with Crippen LogP contribution in [0.25, 0.3) is 0 Å². The maximum Gasteiger partial charge on any atom is 0.338 e. The van der Waals surface area contributed by atoms with Crippen molar-refractivity contribution in [2.24, 2.45) is 0 Å². The molecule has 0 aliphatic heterocycles. The van der Waals surface area contributed by atoms with Gasteiger partial charge in [-0.05, 0) is 31.1 Å². The van der Waals surface area contributed by atoms with Crippen LogP contribution in [-0.2, 0) is 14.3 Å². The summed E-state index contributed by atoms with van der Waals surface area (Å²) in [6.45, 7) is 2.16. The highest BCUT2D eigenvalue weighted by Crippen LogP contribution is 2.12. The van der Waals surface area contributed by atoms with E-state index in [-0.39, 0.29) is 4.90 Å². The minimum Gasteiger partial charge on any atom is -0.387 e. The van der Waals surface area contributed by atoms with E-state index in [9.17, 15) is 8.42 Å². The van der Waals surface area contributed by atoms with Gasteiger partial charge in [0.15, 0.2) is 0 Å². The average Bonchev–Trinajstić information content (AvgIpc) is 2.39. The first kappa shape index (κ1) is 14.8. The summed E-state index contributed by atoms with van der Waals surface area (Å²) in [4.78, 5) is 0.181. The van der Waals surface area contributed by atoms with Gasteiger partial charge in [-0.3, -0.25) is 0 Å². The predicted octanol–water partition coefficient (Wildman–Crippen LogP) is 3.88. The first-order valence-corrected chi connectivity index (χ1v) is 7.71. The fourth-order valence-corrected chi connectivity index (χ4v) is 2.34. The van der Waals surface area contributed by atoms with Crippen molar-refractivity contribution in [1.82, 2.24) is 0 Å². The molecule has 0 saturated carbocycles. The smallest absolute Gasteiger partial charge is 0.338 e. The van der Waals surface area contributed by atoms with E-state index in [0.717, 1.165) is 12.8 Å².